The topological polar surface area (TPSA) is 72.5 Å². The van der Waals surface area contributed by atoms with E-state index in [0.29, 0.717) is 28.8 Å². The van der Waals surface area contributed by atoms with Gasteiger partial charge in [-0.3, -0.25) is 4.79 Å². The number of hydrogen-bond donors (Lipinski definition) is 2. The van der Waals surface area contributed by atoms with E-state index in [1.165, 1.54) is 32.1 Å². The lowest BCUT2D eigenvalue weighted by Crippen LogP contribution is -2.22. The summed E-state index contributed by atoms with van der Waals surface area (Å²) in [5, 5.41) is 6.32. The molecule has 1 aromatic carbocycles. The van der Waals surface area contributed by atoms with E-state index in [0.717, 1.165) is 5.82 Å². The highest BCUT2D eigenvalue weighted by atomic mass is 16.5. The second-order valence-corrected chi connectivity index (χ2v) is 6.47. The molecule has 3 rings (SSSR count). The van der Waals surface area contributed by atoms with Crippen LogP contribution in [-0.4, -0.2) is 31.2 Å². The maximum atomic E-state index is 12.5. The first-order chi connectivity index (χ1) is 12.7. The largest absolute Gasteiger partial charge is 0.497 e. The molecule has 6 nitrogen and oxygen atoms in total. The van der Waals surface area contributed by atoms with Gasteiger partial charge in [0.15, 0.2) is 0 Å². The van der Waals surface area contributed by atoms with Crippen molar-refractivity contribution < 1.29 is 14.3 Å². The SMILES string of the molecule is COc1cc(OC)cc(C(=O)Nc2ccc(NC3CCCCC3)nc2)c1. The number of carbonyl (C=O) groups is 1. The summed E-state index contributed by atoms with van der Waals surface area (Å²) in [6.45, 7) is 0. The molecule has 138 valence electrons. The first-order valence-corrected chi connectivity index (χ1v) is 8.95. The second-order valence-electron chi connectivity index (χ2n) is 6.47. The van der Waals surface area contributed by atoms with Crippen LogP contribution in [-0.2, 0) is 0 Å². The fourth-order valence-electron chi connectivity index (χ4n) is 3.15. The minimum atomic E-state index is -0.239. The van der Waals surface area contributed by atoms with Crippen molar-refractivity contribution in [2.24, 2.45) is 0 Å². The number of anilines is 2. The van der Waals surface area contributed by atoms with Gasteiger partial charge in [-0.05, 0) is 37.1 Å². The Bertz CT molecular complexity index is 718. The Balaban J connectivity index is 1.64. The Kier molecular flexibility index (Phi) is 5.94. The van der Waals surface area contributed by atoms with Crippen molar-refractivity contribution in [2.75, 3.05) is 24.9 Å². The first kappa shape index (κ1) is 18.0. The number of rotatable bonds is 6. The summed E-state index contributed by atoms with van der Waals surface area (Å²) in [6, 6.07) is 9.32. The fraction of sp³-hybridized carbons (Fsp3) is 0.400. The summed E-state index contributed by atoms with van der Waals surface area (Å²) >= 11 is 0. The number of benzene rings is 1. The van der Waals surface area contributed by atoms with E-state index in [4.69, 9.17) is 9.47 Å². The molecule has 0 aliphatic heterocycles. The monoisotopic (exact) mass is 355 g/mol. The number of methoxy groups -OCH3 is 2. The van der Waals surface area contributed by atoms with Gasteiger partial charge in [0.25, 0.3) is 5.91 Å². The highest BCUT2D eigenvalue weighted by Crippen LogP contribution is 2.24. The van der Waals surface area contributed by atoms with Crippen molar-refractivity contribution in [3.8, 4) is 11.5 Å². The highest BCUT2D eigenvalue weighted by molar-refractivity contribution is 6.04. The first-order valence-electron chi connectivity index (χ1n) is 8.95. The van der Waals surface area contributed by atoms with Crippen LogP contribution in [0.15, 0.2) is 36.5 Å². The number of amides is 1. The molecule has 0 unspecified atom stereocenters. The molecule has 0 atom stereocenters. The molecule has 2 N–H and O–H groups in total. The molecule has 26 heavy (non-hydrogen) atoms. The van der Waals surface area contributed by atoms with Crippen LogP contribution in [0.25, 0.3) is 0 Å². The van der Waals surface area contributed by atoms with Crippen molar-refractivity contribution >= 4 is 17.4 Å². The maximum absolute atomic E-state index is 12.5. The zero-order chi connectivity index (χ0) is 18.4. The molecule has 0 saturated heterocycles. The molecule has 0 bridgehead atoms. The third-order valence-electron chi connectivity index (χ3n) is 4.59. The van der Waals surface area contributed by atoms with Gasteiger partial charge in [-0.1, -0.05) is 19.3 Å². The third kappa shape index (κ3) is 4.65. The van der Waals surface area contributed by atoms with E-state index in [1.807, 2.05) is 12.1 Å². The van der Waals surface area contributed by atoms with Crippen LogP contribution in [0, 0.1) is 0 Å². The van der Waals surface area contributed by atoms with Crippen molar-refractivity contribution in [2.45, 2.75) is 38.1 Å². The average Bonchev–Trinajstić information content (AvgIpc) is 2.69. The molecule has 6 heteroatoms. The summed E-state index contributed by atoms with van der Waals surface area (Å²) in [7, 11) is 3.11. The van der Waals surface area contributed by atoms with E-state index in [9.17, 15) is 4.79 Å². The molecule has 0 radical (unpaired) electrons. The second kappa shape index (κ2) is 8.56. The summed E-state index contributed by atoms with van der Waals surface area (Å²) < 4.78 is 10.4. The van der Waals surface area contributed by atoms with E-state index in [1.54, 1.807) is 38.6 Å². The van der Waals surface area contributed by atoms with Crippen molar-refractivity contribution in [1.82, 2.24) is 4.98 Å². The Labute approximate surface area is 153 Å². The predicted molar refractivity (Wildman–Crippen MR) is 102 cm³/mol. The molecular weight excluding hydrogens is 330 g/mol. The van der Waals surface area contributed by atoms with Crippen LogP contribution in [0.4, 0.5) is 11.5 Å². The smallest absolute Gasteiger partial charge is 0.255 e. The Morgan fingerprint density at radius 1 is 1.04 bits per heavy atom. The molecule has 1 heterocycles. The zero-order valence-electron chi connectivity index (χ0n) is 15.2. The van der Waals surface area contributed by atoms with E-state index in [2.05, 4.69) is 15.6 Å². The third-order valence-corrected chi connectivity index (χ3v) is 4.59. The van der Waals surface area contributed by atoms with Gasteiger partial charge in [-0.2, -0.15) is 0 Å². The van der Waals surface area contributed by atoms with Crippen LogP contribution in [0.2, 0.25) is 0 Å². The van der Waals surface area contributed by atoms with E-state index >= 15 is 0 Å². The van der Waals surface area contributed by atoms with Gasteiger partial charge < -0.3 is 20.1 Å². The maximum Gasteiger partial charge on any atom is 0.255 e. The Morgan fingerprint density at radius 2 is 1.73 bits per heavy atom. The normalized spacial score (nSPS) is 14.5. The number of ether oxygens (including phenoxy) is 2. The summed E-state index contributed by atoms with van der Waals surface area (Å²) in [6.07, 6.45) is 7.92. The van der Waals surface area contributed by atoms with Crippen LogP contribution >= 0.6 is 0 Å². The minimum Gasteiger partial charge on any atom is -0.497 e. The molecular formula is C20H25N3O3. The summed E-state index contributed by atoms with van der Waals surface area (Å²) in [4.78, 5) is 16.9. The van der Waals surface area contributed by atoms with Crippen molar-refractivity contribution in [3.05, 3.63) is 42.1 Å². The molecule has 1 amide bonds. The predicted octanol–water partition coefficient (Wildman–Crippen LogP) is 4.10. The number of carbonyl (C=O) groups excluding carboxylic acids is 1. The van der Waals surface area contributed by atoms with E-state index < -0.39 is 0 Å². The van der Waals surface area contributed by atoms with Gasteiger partial charge in [-0.25, -0.2) is 4.98 Å². The highest BCUT2D eigenvalue weighted by Gasteiger charge is 2.14. The Hall–Kier alpha value is -2.76. The number of nitrogens with zero attached hydrogens (tertiary/aromatic N) is 1. The van der Waals surface area contributed by atoms with Crippen molar-refractivity contribution in [3.63, 3.8) is 0 Å². The molecule has 0 spiro atoms. The minimum absolute atomic E-state index is 0.239. The fourth-order valence-corrected chi connectivity index (χ4v) is 3.15. The van der Waals surface area contributed by atoms with Gasteiger partial charge in [0.05, 0.1) is 26.1 Å². The summed E-state index contributed by atoms with van der Waals surface area (Å²) in [5.41, 5.74) is 1.11. The molecule has 1 aliphatic carbocycles. The zero-order valence-corrected chi connectivity index (χ0v) is 15.2. The van der Waals surface area contributed by atoms with Gasteiger partial charge in [0, 0.05) is 17.7 Å². The van der Waals surface area contributed by atoms with E-state index in [-0.39, 0.29) is 5.91 Å². The van der Waals surface area contributed by atoms with Gasteiger partial charge in [-0.15, -0.1) is 0 Å². The molecule has 1 fully saturated rings. The standard InChI is InChI=1S/C20H25N3O3/c1-25-17-10-14(11-18(12-17)26-2)20(24)23-16-8-9-19(21-13-16)22-15-6-4-3-5-7-15/h8-13,15H,3-7H2,1-2H3,(H,21,22)(H,23,24). The Morgan fingerprint density at radius 3 is 2.31 bits per heavy atom. The number of aromatic nitrogens is 1. The molecule has 2 aromatic rings. The van der Waals surface area contributed by atoms with Crippen molar-refractivity contribution in [1.29, 1.82) is 0 Å². The summed E-state index contributed by atoms with van der Waals surface area (Å²) in [5.74, 6) is 1.74. The van der Waals surface area contributed by atoms with Crippen LogP contribution in [0.5, 0.6) is 11.5 Å². The van der Waals surface area contributed by atoms with Gasteiger partial charge in [0.1, 0.15) is 17.3 Å². The molecule has 1 saturated carbocycles. The lowest BCUT2D eigenvalue weighted by Gasteiger charge is -2.23. The lowest BCUT2D eigenvalue weighted by molar-refractivity contribution is 0.102. The molecule has 1 aliphatic rings. The quantitative estimate of drug-likeness (QED) is 0.816. The molecule has 1 aromatic heterocycles. The number of nitrogens with one attached hydrogen (secondary N) is 2. The van der Waals surface area contributed by atoms with Crippen LogP contribution in [0.1, 0.15) is 42.5 Å². The average molecular weight is 355 g/mol. The van der Waals surface area contributed by atoms with Crippen LogP contribution in [0.3, 0.4) is 0 Å². The van der Waals surface area contributed by atoms with Gasteiger partial charge in [0.2, 0.25) is 0 Å². The lowest BCUT2D eigenvalue weighted by atomic mass is 9.95. The van der Waals surface area contributed by atoms with Crippen LogP contribution < -0.4 is 20.1 Å². The number of hydrogen-bond acceptors (Lipinski definition) is 5. The number of pyridine rings is 1. The van der Waals surface area contributed by atoms with Gasteiger partial charge >= 0.3 is 0 Å².